The number of aromatic nitrogens is 1. The van der Waals surface area contributed by atoms with Gasteiger partial charge in [-0.05, 0) is 43.7 Å². The normalized spacial score (nSPS) is 13.9. The zero-order valence-electron chi connectivity index (χ0n) is 17.0. The lowest BCUT2D eigenvalue weighted by Crippen LogP contribution is -2.39. The molecule has 0 aliphatic rings. The van der Waals surface area contributed by atoms with Crippen molar-refractivity contribution in [2.45, 2.75) is 44.7 Å². The van der Waals surface area contributed by atoms with E-state index in [0.29, 0.717) is 13.1 Å². The third-order valence-electron chi connectivity index (χ3n) is 4.62. The predicted octanol–water partition coefficient (Wildman–Crippen LogP) is 3.44. The van der Waals surface area contributed by atoms with E-state index in [4.69, 9.17) is 11.6 Å². The molecule has 0 spiro atoms. The van der Waals surface area contributed by atoms with Crippen molar-refractivity contribution in [3.63, 3.8) is 0 Å². The van der Waals surface area contributed by atoms with Gasteiger partial charge >= 0.3 is 0 Å². The molecule has 158 valence electrons. The Hall–Kier alpha value is -2.00. The first-order valence-electron chi connectivity index (χ1n) is 9.47. The molecule has 0 aliphatic heterocycles. The number of halogens is 1. The summed E-state index contributed by atoms with van der Waals surface area (Å²) in [6, 6.07) is 7.44. The summed E-state index contributed by atoms with van der Waals surface area (Å²) in [5.41, 5.74) is 1.21. The van der Waals surface area contributed by atoms with Crippen molar-refractivity contribution in [2.24, 2.45) is 0 Å². The Labute approximate surface area is 177 Å². The molecule has 0 radical (unpaired) electrons. The Morgan fingerprint density at radius 1 is 1.21 bits per heavy atom. The SMILES string of the molecule is CCN(CC)S(=O)(=O)c1ccc(Cl)c(NC(=O)C(C)NC(C)c2cccnc2)c1. The Morgan fingerprint density at radius 3 is 2.48 bits per heavy atom. The van der Waals surface area contributed by atoms with E-state index in [-0.39, 0.29) is 27.6 Å². The van der Waals surface area contributed by atoms with Gasteiger partial charge in [-0.15, -0.1) is 0 Å². The van der Waals surface area contributed by atoms with Crippen molar-refractivity contribution >= 4 is 33.2 Å². The van der Waals surface area contributed by atoms with Gasteiger partial charge in [0.1, 0.15) is 0 Å². The van der Waals surface area contributed by atoms with Crippen LogP contribution in [0.25, 0.3) is 0 Å². The summed E-state index contributed by atoms with van der Waals surface area (Å²) in [7, 11) is -3.65. The monoisotopic (exact) mass is 438 g/mol. The minimum atomic E-state index is -3.65. The van der Waals surface area contributed by atoms with Crippen molar-refractivity contribution in [1.29, 1.82) is 0 Å². The van der Waals surface area contributed by atoms with Crippen LogP contribution in [-0.2, 0) is 14.8 Å². The highest BCUT2D eigenvalue weighted by molar-refractivity contribution is 7.89. The van der Waals surface area contributed by atoms with Gasteiger partial charge < -0.3 is 5.32 Å². The Kier molecular flexibility index (Phi) is 8.15. The number of nitrogens with one attached hydrogen (secondary N) is 2. The molecule has 29 heavy (non-hydrogen) atoms. The van der Waals surface area contributed by atoms with E-state index in [1.165, 1.54) is 22.5 Å². The van der Waals surface area contributed by atoms with Crippen LogP contribution in [0.1, 0.15) is 39.3 Å². The fraction of sp³-hybridized carbons (Fsp3) is 0.400. The van der Waals surface area contributed by atoms with Gasteiger partial charge in [-0.2, -0.15) is 4.31 Å². The minimum absolute atomic E-state index is 0.0882. The summed E-state index contributed by atoms with van der Waals surface area (Å²) in [5, 5.41) is 6.19. The smallest absolute Gasteiger partial charge is 0.243 e. The van der Waals surface area contributed by atoms with Crippen LogP contribution in [0.2, 0.25) is 5.02 Å². The minimum Gasteiger partial charge on any atom is -0.323 e. The first-order valence-corrected chi connectivity index (χ1v) is 11.3. The van der Waals surface area contributed by atoms with Crippen LogP contribution >= 0.6 is 11.6 Å². The number of hydrogen-bond donors (Lipinski definition) is 2. The van der Waals surface area contributed by atoms with Crippen molar-refractivity contribution < 1.29 is 13.2 Å². The lowest BCUT2D eigenvalue weighted by atomic mass is 10.1. The van der Waals surface area contributed by atoms with Crippen LogP contribution in [0.5, 0.6) is 0 Å². The zero-order chi connectivity index (χ0) is 21.6. The number of rotatable bonds is 9. The lowest BCUT2D eigenvalue weighted by Gasteiger charge is -2.21. The number of benzene rings is 1. The van der Waals surface area contributed by atoms with Gasteiger partial charge in [-0.25, -0.2) is 8.42 Å². The van der Waals surface area contributed by atoms with Crippen molar-refractivity contribution in [2.75, 3.05) is 18.4 Å². The van der Waals surface area contributed by atoms with Gasteiger partial charge in [0.2, 0.25) is 15.9 Å². The average molecular weight is 439 g/mol. The summed E-state index contributed by atoms with van der Waals surface area (Å²) in [6.45, 7) is 7.93. The molecule has 9 heteroatoms. The molecular weight excluding hydrogens is 412 g/mol. The molecule has 2 aromatic rings. The van der Waals surface area contributed by atoms with Crippen LogP contribution in [0.15, 0.2) is 47.6 Å². The molecule has 0 aliphatic carbocycles. The van der Waals surface area contributed by atoms with Gasteiger partial charge in [-0.1, -0.05) is 31.5 Å². The second-order valence-electron chi connectivity index (χ2n) is 6.62. The molecule has 7 nitrogen and oxygen atoms in total. The van der Waals surface area contributed by atoms with Gasteiger partial charge in [-0.3, -0.25) is 15.1 Å². The number of sulfonamides is 1. The molecule has 0 bridgehead atoms. The molecule has 2 atom stereocenters. The van der Waals surface area contributed by atoms with Crippen molar-refractivity contribution in [3.05, 3.63) is 53.3 Å². The third kappa shape index (κ3) is 5.76. The summed E-state index contributed by atoms with van der Waals surface area (Å²) >= 11 is 6.19. The molecule has 2 unspecified atom stereocenters. The molecule has 0 saturated heterocycles. The maximum atomic E-state index is 12.7. The van der Waals surface area contributed by atoms with E-state index in [1.807, 2.05) is 19.1 Å². The number of amides is 1. The van der Waals surface area contributed by atoms with E-state index < -0.39 is 16.1 Å². The molecule has 2 rings (SSSR count). The highest BCUT2D eigenvalue weighted by Crippen LogP contribution is 2.27. The summed E-state index contributed by atoms with van der Waals surface area (Å²) in [5.74, 6) is -0.319. The van der Waals surface area contributed by atoms with E-state index in [1.54, 1.807) is 33.2 Å². The van der Waals surface area contributed by atoms with Gasteiger partial charge in [0.05, 0.1) is 21.6 Å². The topological polar surface area (TPSA) is 91.4 Å². The van der Waals surface area contributed by atoms with E-state index in [2.05, 4.69) is 15.6 Å². The maximum Gasteiger partial charge on any atom is 0.243 e. The largest absolute Gasteiger partial charge is 0.323 e. The molecule has 0 saturated carbocycles. The quantitative estimate of drug-likeness (QED) is 0.625. The Balaban J connectivity index is 2.15. The van der Waals surface area contributed by atoms with Crippen LogP contribution < -0.4 is 10.6 Å². The number of carbonyl (C=O) groups is 1. The number of anilines is 1. The molecule has 1 amide bonds. The zero-order valence-corrected chi connectivity index (χ0v) is 18.6. The number of carbonyl (C=O) groups excluding carboxylic acids is 1. The standard InChI is InChI=1S/C20H27ClN4O3S/c1-5-25(6-2)29(27,28)17-9-10-18(21)19(12-17)24-20(26)15(4)23-14(3)16-8-7-11-22-13-16/h7-15,23H,5-6H2,1-4H3,(H,24,26). The predicted molar refractivity (Wildman–Crippen MR) is 115 cm³/mol. The fourth-order valence-corrected chi connectivity index (χ4v) is 4.54. The highest BCUT2D eigenvalue weighted by Gasteiger charge is 2.23. The first-order chi connectivity index (χ1) is 13.7. The van der Waals surface area contributed by atoms with E-state index in [0.717, 1.165) is 5.56 Å². The molecule has 0 fully saturated rings. The highest BCUT2D eigenvalue weighted by atomic mass is 35.5. The van der Waals surface area contributed by atoms with Crippen LogP contribution in [0, 0.1) is 0 Å². The van der Waals surface area contributed by atoms with Crippen molar-refractivity contribution in [1.82, 2.24) is 14.6 Å². The van der Waals surface area contributed by atoms with Crippen LogP contribution in [-0.4, -0.2) is 42.7 Å². The lowest BCUT2D eigenvalue weighted by molar-refractivity contribution is -0.117. The Morgan fingerprint density at radius 2 is 1.90 bits per heavy atom. The maximum absolute atomic E-state index is 12.7. The number of nitrogens with zero attached hydrogens (tertiary/aromatic N) is 2. The van der Waals surface area contributed by atoms with Gasteiger partial charge in [0.15, 0.2) is 0 Å². The van der Waals surface area contributed by atoms with E-state index >= 15 is 0 Å². The number of hydrogen-bond acceptors (Lipinski definition) is 5. The van der Waals surface area contributed by atoms with Gasteiger partial charge in [0, 0.05) is 31.5 Å². The van der Waals surface area contributed by atoms with E-state index in [9.17, 15) is 13.2 Å². The molecule has 1 aromatic carbocycles. The number of pyridine rings is 1. The fourth-order valence-electron chi connectivity index (χ4n) is 2.89. The molecule has 2 N–H and O–H groups in total. The average Bonchev–Trinajstić information content (AvgIpc) is 2.70. The van der Waals surface area contributed by atoms with Crippen molar-refractivity contribution in [3.8, 4) is 0 Å². The summed E-state index contributed by atoms with van der Waals surface area (Å²) in [4.78, 5) is 16.8. The van der Waals surface area contributed by atoms with Crippen LogP contribution in [0.4, 0.5) is 5.69 Å². The third-order valence-corrected chi connectivity index (χ3v) is 6.99. The molecular formula is C20H27ClN4O3S. The Bertz CT molecular complexity index is 934. The second-order valence-corrected chi connectivity index (χ2v) is 8.96. The van der Waals surface area contributed by atoms with Crippen LogP contribution in [0.3, 0.4) is 0 Å². The molecule has 1 aromatic heterocycles. The molecule has 1 heterocycles. The van der Waals surface area contributed by atoms with Gasteiger partial charge in [0.25, 0.3) is 0 Å². The summed E-state index contributed by atoms with van der Waals surface area (Å²) < 4.78 is 26.8. The second kappa shape index (κ2) is 10.2. The first kappa shape index (κ1) is 23.3. The summed E-state index contributed by atoms with van der Waals surface area (Å²) in [6.07, 6.45) is 3.42.